The maximum Gasteiger partial charge on any atom is 0.251 e. The van der Waals surface area contributed by atoms with Crippen molar-refractivity contribution in [2.24, 2.45) is 0 Å². The van der Waals surface area contributed by atoms with Crippen molar-refractivity contribution in [2.45, 2.75) is 38.4 Å². The molecule has 1 aliphatic carbocycles. The average molecular weight is 335 g/mol. The van der Waals surface area contributed by atoms with E-state index in [0.29, 0.717) is 12.6 Å². The van der Waals surface area contributed by atoms with E-state index in [1.165, 1.54) is 5.56 Å². The summed E-state index contributed by atoms with van der Waals surface area (Å²) in [6.45, 7) is 1.32. The number of pyridine rings is 2. The lowest BCUT2D eigenvalue weighted by Gasteiger charge is -2.27. The highest BCUT2D eigenvalue weighted by Crippen LogP contribution is 2.21. The largest absolute Gasteiger partial charge is 0.468 e. The van der Waals surface area contributed by atoms with Gasteiger partial charge in [0.15, 0.2) is 0 Å². The highest BCUT2D eigenvalue weighted by molar-refractivity contribution is 5.27. The normalized spacial score (nSPS) is 16.6. The van der Waals surface area contributed by atoms with Crippen LogP contribution in [0.4, 0.5) is 0 Å². The van der Waals surface area contributed by atoms with Crippen LogP contribution in [0.2, 0.25) is 0 Å². The van der Waals surface area contributed by atoms with E-state index in [-0.39, 0.29) is 5.56 Å². The minimum absolute atomic E-state index is 0.0598. The van der Waals surface area contributed by atoms with Gasteiger partial charge in [0.05, 0.1) is 19.4 Å². The zero-order valence-electron chi connectivity index (χ0n) is 14.0. The standard InChI is InChI=1S/C20H21N3O2/c24-20-8-5-16-11-17(22-13-18-4-2-10-25-18)6-7-19(16)23(20)14-15-3-1-9-21-12-15/h1-5,8-10,12,17,22H,6-7,11,13-14H2/t17-/m1/s1. The molecule has 0 aromatic carbocycles. The second-order valence-electron chi connectivity index (χ2n) is 6.49. The Morgan fingerprint density at radius 2 is 2.20 bits per heavy atom. The molecule has 1 atom stereocenters. The average Bonchev–Trinajstić information content (AvgIpc) is 3.17. The SMILES string of the molecule is O=c1ccc2c(n1Cc1cccnc1)CC[C@@H](NCc1ccco1)C2. The van der Waals surface area contributed by atoms with Crippen LogP contribution in [0.5, 0.6) is 0 Å². The summed E-state index contributed by atoms with van der Waals surface area (Å²) >= 11 is 0. The van der Waals surface area contributed by atoms with Gasteiger partial charge in [0, 0.05) is 30.2 Å². The molecule has 25 heavy (non-hydrogen) atoms. The summed E-state index contributed by atoms with van der Waals surface area (Å²) < 4.78 is 7.28. The fourth-order valence-corrected chi connectivity index (χ4v) is 3.50. The quantitative estimate of drug-likeness (QED) is 0.778. The van der Waals surface area contributed by atoms with Crippen molar-refractivity contribution in [1.29, 1.82) is 0 Å². The Morgan fingerprint density at radius 3 is 3.00 bits per heavy atom. The Morgan fingerprint density at radius 1 is 1.24 bits per heavy atom. The van der Waals surface area contributed by atoms with Crippen LogP contribution in [0.15, 0.2) is 64.3 Å². The lowest BCUT2D eigenvalue weighted by molar-refractivity contribution is 0.408. The number of rotatable bonds is 5. The molecule has 0 radical (unpaired) electrons. The Hall–Kier alpha value is -2.66. The summed E-state index contributed by atoms with van der Waals surface area (Å²) in [5.41, 5.74) is 3.53. The minimum Gasteiger partial charge on any atom is -0.468 e. The van der Waals surface area contributed by atoms with E-state index < -0.39 is 0 Å². The van der Waals surface area contributed by atoms with Gasteiger partial charge in [-0.3, -0.25) is 9.78 Å². The Bertz CT molecular complexity index is 885. The molecule has 3 aromatic heterocycles. The van der Waals surface area contributed by atoms with E-state index >= 15 is 0 Å². The zero-order valence-corrected chi connectivity index (χ0v) is 14.0. The van der Waals surface area contributed by atoms with Crippen LogP contribution in [0, 0.1) is 0 Å². The van der Waals surface area contributed by atoms with Gasteiger partial charge in [0.25, 0.3) is 5.56 Å². The van der Waals surface area contributed by atoms with Crippen molar-refractivity contribution in [1.82, 2.24) is 14.9 Å². The first kappa shape index (κ1) is 15.8. The molecule has 1 N–H and O–H groups in total. The second-order valence-corrected chi connectivity index (χ2v) is 6.49. The molecule has 3 heterocycles. The van der Waals surface area contributed by atoms with Crippen LogP contribution in [-0.4, -0.2) is 15.6 Å². The number of aromatic nitrogens is 2. The molecule has 0 saturated heterocycles. The predicted molar refractivity (Wildman–Crippen MR) is 95.4 cm³/mol. The molecule has 1 aliphatic rings. The topological polar surface area (TPSA) is 60.1 Å². The molecular weight excluding hydrogens is 314 g/mol. The fourth-order valence-electron chi connectivity index (χ4n) is 3.50. The van der Waals surface area contributed by atoms with E-state index in [0.717, 1.165) is 42.8 Å². The highest BCUT2D eigenvalue weighted by Gasteiger charge is 2.21. The van der Waals surface area contributed by atoms with E-state index in [9.17, 15) is 4.79 Å². The molecule has 3 aromatic rings. The van der Waals surface area contributed by atoms with Gasteiger partial charge in [0.2, 0.25) is 0 Å². The summed E-state index contributed by atoms with van der Waals surface area (Å²) in [5, 5.41) is 3.56. The number of hydrogen-bond donors (Lipinski definition) is 1. The first-order valence-corrected chi connectivity index (χ1v) is 8.66. The van der Waals surface area contributed by atoms with Crippen LogP contribution >= 0.6 is 0 Å². The number of nitrogens with one attached hydrogen (secondary N) is 1. The zero-order chi connectivity index (χ0) is 17.1. The number of hydrogen-bond acceptors (Lipinski definition) is 4. The molecule has 0 bridgehead atoms. The van der Waals surface area contributed by atoms with Gasteiger partial charge in [-0.25, -0.2) is 0 Å². The maximum atomic E-state index is 12.4. The second kappa shape index (κ2) is 7.07. The molecule has 0 fully saturated rings. The molecule has 0 saturated carbocycles. The number of furan rings is 1. The van der Waals surface area contributed by atoms with Crippen molar-refractivity contribution in [3.63, 3.8) is 0 Å². The predicted octanol–water partition coefficient (Wildman–Crippen LogP) is 2.53. The van der Waals surface area contributed by atoms with Crippen molar-refractivity contribution < 1.29 is 4.42 Å². The molecular formula is C20H21N3O2. The monoisotopic (exact) mass is 335 g/mol. The van der Waals surface area contributed by atoms with Crippen molar-refractivity contribution >= 4 is 0 Å². The van der Waals surface area contributed by atoms with Gasteiger partial charge in [-0.15, -0.1) is 0 Å². The van der Waals surface area contributed by atoms with Crippen molar-refractivity contribution in [3.8, 4) is 0 Å². The van der Waals surface area contributed by atoms with Crippen LogP contribution in [-0.2, 0) is 25.9 Å². The summed E-state index contributed by atoms with van der Waals surface area (Å²) in [5.74, 6) is 0.951. The summed E-state index contributed by atoms with van der Waals surface area (Å²) in [7, 11) is 0. The molecule has 128 valence electrons. The molecule has 4 rings (SSSR count). The van der Waals surface area contributed by atoms with Crippen LogP contribution in [0.25, 0.3) is 0 Å². The number of nitrogens with zero attached hydrogens (tertiary/aromatic N) is 2. The van der Waals surface area contributed by atoms with Gasteiger partial charge < -0.3 is 14.3 Å². The summed E-state index contributed by atoms with van der Waals surface area (Å²) in [6, 6.07) is 11.9. The molecule has 5 heteroatoms. The lowest BCUT2D eigenvalue weighted by atomic mass is 9.91. The van der Waals surface area contributed by atoms with Gasteiger partial charge >= 0.3 is 0 Å². The minimum atomic E-state index is 0.0598. The van der Waals surface area contributed by atoms with Crippen molar-refractivity contribution in [2.75, 3.05) is 0 Å². The molecule has 0 spiro atoms. The molecule has 5 nitrogen and oxygen atoms in total. The highest BCUT2D eigenvalue weighted by atomic mass is 16.3. The van der Waals surface area contributed by atoms with Crippen LogP contribution in [0.3, 0.4) is 0 Å². The molecule has 0 aliphatic heterocycles. The Kier molecular flexibility index (Phi) is 4.48. The lowest BCUT2D eigenvalue weighted by Crippen LogP contribution is -2.37. The smallest absolute Gasteiger partial charge is 0.251 e. The van der Waals surface area contributed by atoms with Gasteiger partial charge in [-0.2, -0.15) is 0 Å². The first-order valence-electron chi connectivity index (χ1n) is 8.66. The van der Waals surface area contributed by atoms with E-state index in [4.69, 9.17) is 4.42 Å². The van der Waals surface area contributed by atoms with Gasteiger partial charge in [-0.1, -0.05) is 12.1 Å². The third-order valence-electron chi connectivity index (χ3n) is 4.79. The van der Waals surface area contributed by atoms with Crippen LogP contribution in [0.1, 0.15) is 29.0 Å². The fraction of sp³-hybridized carbons (Fsp3) is 0.300. The molecule has 0 amide bonds. The third-order valence-corrected chi connectivity index (χ3v) is 4.79. The van der Waals surface area contributed by atoms with Crippen LogP contribution < -0.4 is 10.9 Å². The maximum absolute atomic E-state index is 12.4. The Balaban J connectivity index is 1.51. The van der Waals surface area contributed by atoms with E-state index in [1.807, 2.05) is 41.1 Å². The van der Waals surface area contributed by atoms with Gasteiger partial charge in [-0.05, 0) is 48.6 Å². The van der Waals surface area contributed by atoms with E-state index in [1.54, 1.807) is 18.5 Å². The Labute approximate surface area is 146 Å². The number of fused-ring (bicyclic) bond motifs is 1. The summed E-state index contributed by atoms with van der Waals surface area (Å²) in [6.07, 6.45) is 8.13. The summed E-state index contributed by atoms with van der Waals surface area (Å²) in [4.78, 5) is 16.5. The van der Waals surface area contributed by atoms with E-state index in [2.05, 4.69) is 10.3 Å². The van der Waals surface area contributed by atoms with Gasteiger partial charge in [0.1, 0.15) is 5.76 Å². The van der Waals surface area contributed by atoms with Crippen molar-refractivity contribution in [3.05, 3.63) is 88.0 Å². The first-order chi connectivity index (χ1) is 12.3. The third kappa shape index (κ3) is 3.56. The molecule has 0 unspecified atom stereocenters.